The number of aliphatic imine (C=N–C) groups is 1. The Balaban J connectivity index is 2.86. The molecule has 60 valence electrons. The Kier molecular flexibility index (Phi) is 3.16. The summed E-state index contributed by atoms with van der Waals surface area (Å²) in [5, 5.41) is 1.37. The van der Waals surface area contributed by atoms with Crippen LogP contribution in [-0.2, 0) is 0 Å². The molecule has 0 saturated heterocycles. The van der Waals surface area contributed by atoms with E-state index < -0.39 is 0 Å². The number of hydrogen-bond donors (Lipinski definition) is 0. The lowest BCUT2D eigenvalue weighted by molar-refractivity contribution is 0.759. The van der Waals surface area contributed by atoms with E-state index in [1.807, 2.05) is 13.1 Å². The summed E-state index contributed by atoms with van der Waals surface area (Å²) < 4.78 is 0. The quantitative estimate of drug-likeness (QED) is 0.555. The molecule has 0 radical (unpaired) electrons. The lowest BCUT2D eigenvalue weighted by atomic mass is 10.1. The Morgan fingerprint density at radius 1 is 1.55 bits per heavy atom. The first-order valence-corrected chi connectivity index (χ1v) is 4.20. The van der Waals surface area contributed by atoms with Gasteiger partial charge >= 0.3 is 0 Å². The molecular weight excluding hydrogens is 181 g/mol. The van der Waals surface area contributed by atoms with Crippen LogP contribution in [-0.4, -0.2) is 6.21 Å². The number of hydrogen-bond acceptors (Lipinski definition) is 1. The fourth-order valence-electron chi connectivity index (χ4n) is 0.767. The van der Waals surface area contributed by atoms with Crippen LogP contribution in [0.3, 0.4) is 0 Å². The van der Waals surface area contributed by atoms with Gasteiger partial charge in [0.05, 0.1) is 5.03 Å². The molecule has 1 nitrogen and oxygen atoms in total. The molecule has 1 unspecified atom stereocenters. The van der Waals surface area contributed by atoms with E-state index in [-0.39, 0.29) is 0 Å². The third-order valence-corrected chi connectivity index (χ3v) is 2.20. The molecule has 0 amide bonds. The van der Waals surface area contributed by atoms with Gasteiger partial charge < -0.3 is 0 Å². The van der Waals surface area contributed by atoms with Crippen molar-refractivity contribution in [2.75, 3.05) is 0 Å². The van der Waals surface area contributed by atoms with E-state index >= 15 is 0 Å². The summed E-state index contributed by atoms with van der Waals surface area (Å²) in [6.45, 7) is 2.04. The van der Waals surface area contributed by atoms with E-state index in [1.165, 1.54) is 0 Å². The maximum atomic E-state index is 5.91. The molecule has 0 saturated carbocycles. The minimum atomic E-state index is 0.322. The summed E-state index contributed by atoms with van der Waals surface area (Å²) in [5.41, 5.74) is 0. The standard InChI is InChI=1S/C8H9Cl2N/c1-6-2-3-11-5-7(9)4-8(6)10/h3-6H,2H2,1H3/b7-5+,8-4?,11-3?. The molecule has 1 aliphatic heterocycles. The Bertz CT molecular complexity index is 228. The summed E-state index contributed by atoms with van der Waals surface area (Å²) in [6.07, 6.45) is 6.03. The average Bonchev–Trinajstić information content (AvgIpc) is 1.95. The van der Waals surface area contributed by atoms with E-state index in [1.54, 1.807) is 12.3 Å². The van der Waals surface area contributed by atoms with Crippen LogP contribution in [0.1, 0.15) is 13.3 Å². The van der Waals surface area contributed by atoms with Crippen LogP contribution < -0.4 is 0 Å². The summed E-state index contributed by atoms with van der Waals surface area (Å²) in [7, 11) is 0. The van der Waals surface area contributed by atoms with E-state index in [0.717, 1.165) is 11.5 Å². The van der Waals surface area contributed by atoms with Gasteiger partial charge in [0.15, 0.2) is 0 Å². The van der Waals surface area contributed by atoms with Crippen LogP contribution >= 0.6 is 23.2 Å². The normalized spacial score (nSPS) is 29.9. The Morgan fingerprint density at radius 3 is 3.00 bits per heavy atom. The highest BCUT2D eigenvalue weighted by molar-refractivity contribution is 6.34. The molecule has 0 spiro atoms. The largest absolute Gasteiger partial charge is 0.268 e. The molecule has 0 aromatic carbocycles. The van der Waals surface area contributed by atoms with Crippen molar-refractivity contribution in [2.45, 2.75) is 13.3 Å². The maximum absolute atomic E-state index is 5.91. The zero-order valence-electron chi connectivity index (χ0n) is 6.22. The predicted molar refractivity (Wildman–Crippen MR) is 50.1 cm³/mol. The molecule has 3 heteroatoms. The van der Waals surface area contributed by atoms with Crippen molar-refractivity contribution in [3.63, 3.8) is 0 Å². The van der Waals surface area contributed by atoms with E-state index in [9.17, 15) is 0 Å². The van der Waals surface area contributed by atoms with Crippen molar-refractivity contribution in [2.24, 2.45) is 10.9 Å². The summed E-state index contributed by atoms with van der Waals surface area (Å²) in [4.78, 5) is 3.97. The van der Waals surface area contributed by atoms with Crippen molar-refractivity contribution < 1.29 is 0 Å². The minimum absolute atomic E-state index is 0.322. The van der Waals surface area contributed by atoms with Gasteiger partial charge in [0.1, 0.15) is 0 Å². The van der Waals surface area contributed by atoms with Gasteiger partial charge in [0.25, 0.3) is 0 Å². The molecule has 0 aromatic heterocycles. The summed E-state index contributed by atoms with van der Waals surface area (Å²) in [6, 6.07) is 0. The second-order valence-corrected chi connectivity index (χ2v) is 3.38. The summed E-state index contributed by atoms with van der Waals surface area (Å²) >= 11 is 11.7. The van der Waals surface area contributed by atoms with Gasteiger partial charge in [-0.3, -0.25) is 4.99 Å². The highest BCUT2D eigenvalue weighted by atomic mass is 35.5. The van der Waals surface area contributed by atoms with Crippen molar-refractivity contribution in [1.82, 2.24) is 0 Å². The molecule has 0 N–H and O–H groups in total. The first-order valence-electron chi connectivity index (χ1n) is 3.44. The van der Waals surface area contributed by atoms with Gasteiger partial charge in [-0.15, -0.1) is 0 Å². The Morgan fingerprint density at radius 2 is 2.27 bits per heavy atom. The summed E-state index contributed by atoms with van der Waals surface area (Å²) in [5.74, 6) is 0.322. The lowest BCUT2D eigenvalue weighted by Crippen LogP contribution is -1.96. The van der Waals surface area contributed by atoms with Gasteiger partial charge in [-0.05, 0) is 18.4 Å². The number of allylic oxidation sites excluding steroid dienone is 3. The Hall–Kier alpha value is -0.270. The second-order valence-electron chi connectivity index (χ2n) is 2.51. The van der Waals surface area contributed by atoms with E-state index in [4.69, 9.17) is 23.2 Å². The predicted octanol–water partition coefficient (Wildman–Crippen LogP) is 3.30. The Labute approximate surface area is 76.4 Å². The highest BCUT2D eigenvalue weighted by Gasteiger charge is 2.06. The molecule has 1 rings (SSSR count). The van der Waals surface area contributed by atoms with Crippen LogP contribution in [0, 0.1) is 5.92 Å². The number of rotatable bonds is 0. The van der Waals surface area contributed by atoms with Crippen LogP contribution in [0.15, 0.2) is 27.3 Å². The van der Waals surface area contributed by atoms with Gasteiger partial charge in [0.2, 0.25) is 0 Å². The second kappa shape index (κ2) is 3.93. The van der Waals surface area contributed by atoms with Gasteiger partial charge in [-0.1, -0.05) is 30.1 Å². The molecule has 0 aliphatic carbocycles. The van der Waals surface area contributed by atoms with Crippen LogP contribution in [0.5, 0.6) is 0 Å². The molecular formula is C8H9Cl2N. The smallest absolute Gasteiger partial charge is 0.0600 e. The molecule has 0 bridgehead atoms. The first-order chi connectivity index (χ1) is 5.20. The topological polar surface area (TPSA) is 12.4 Å². The van der Waals surface area contributed by atoms with Gasteiger partial charge in [-0.2, -0.15) is 0 Å². The number of nitrogens with zero attached hydrogens (tertiary/aromatic N) is 1. The van der Waals surface area contributed by atoms with Crippen molar-refractivity contribution in [3.05, 3.63) is 22.3 Å². The van der Waals surface area contributed by atoms with Gasteiger partial charge in [-0.25, -0.2) is 0 Å². The van der Waals surface area contributed by atoms with Crippen molar-refractivity contribution in [1.29, 1.82) is 0 Å². The van der Waals surface area contributed by atoms with Crippen LogP contribution in [0.25, 0.3) is 0 Å². The molecule has 1 heterocycles. The average molecular weight is 190 g/mol. The fourth-order valence-corrected chi connectivity index (χ4v) is 1.20. The van der Waals surface area contributed by atoms with Gasteiger partial charge in [0, 0.05) is 17.4 Å². The SMILES string of the molecule is CC1CC=N/C=C(/Cl)C=C1Cl. The fraction of sp³-hybridized carbons (Fsp3) is 0.375. The van der Waals surface area contributed by atoms with E-state index in [0.29, 0.717) is 11.0 Å². The monoisotopic (exact) mass is 189 g/mol. The third-order valence-electron chi connectivity index (χ3n) is 1.51. The zero-order chi connectivity index (χ0) is 8.27. The zero-order valence-corrected chi connectivity index (χ0v) is 7.73. The van der Waals surface area contributed by atoms with Crippen molar-refractivity contribution >= 4 is 29.4 Å². The van der Waals surface area contributed by atoms with Crippen LogP contribution in [0.4, 0.5) is 0 Å². The minimum Gasteiger partial charge on any atom is -0.268 e. The lowest BCUT2D eigenvalue weighted by Gasteiger charge is -2.07. The van der Waals surface area contributed by atoms with Crippen molar-refractivity contribution in [3.8, 4) is 0 Å². The highest BCUT2D eigenvalue weighted by Crippen LogP contribution is 2.22. The first kappa shape index (κ1) is 8.82. The number of halogens is 2. The molecule has 1 atom stereocenters. The molecule has 1 aliphatic rings. The third kappa shape index (κ3) is 2.68. The molecule has 0 aromatic rings. The van der Waals surface area contributed by atoms with E-state index in [2.05, 4.69) is 4.99 Å². The van der Waals surface area contributed by atoms with Crippen LogP contribution in [0.2, 0.25) is 0 Å². The molecule has 0 fully saturated rings. The maximum Gasteiger partial charge on any atom is 0.0600 e. The molecule has 11 heavy (non-hydrogen) atoms.